The molecule has 378 valence electrons. The van der Waals surface area contributed by atoms with Gasteiger partial charge in [0, 0.05) is 105 Å². The molecular formula is C56H69N11O5. The summed E-state index contributed by atoms with van der Waals surface area (Å²) in [6.07, 6.45) is 17.0. The third-order valence-corrected chi connectivity index (χ3v) is 18.7. The fraction of sp³-hybridized carbons (Fsp3) is 0.607. The number of amides is 5. The molecule has 16 heteroatoms. The number of hydrogen-bond acceptors (Lipinski definition) is 11. The van der Waals surface area contributed by atoms with E-state index in [4.69, 9.17) is 9.97 Å². The lowest BCUT2D eigenvalue weighted by Crippen LogP contribution is -2.66. The number of piperidine rings is 4. The number of nitrogens with zero attached hydrogens (tertiary/aromatic N) is 9. The summed E-state index contributed by atoms with van der Waals surface area (Å²) in [5.74, 6) is 1.48. The molecule has 9 aliphatic rings. The van der Waals surface area contributed by atoms with E-state index in [-0.39, 0.29) is 64.8 Å². The van der Waals surface area contributed by atoms with Crippen LogP contribution in [0.2, 0.25) is 0 Å². The van der Waals surface area contributed by atoms with Gasteiger partial charge in [0.15, 0.2) is 5.82 Å². The van der Waals surface area contributed by atoms with Crippen LogP contribution in [0, 0.1) is 17.3 Å². The Morgan fingerprint density at radius 3 is 2.24 bits per heavy atom. The van der Waals surface area contributed by atoms with Crippen LogP contribution in [-0.4, -0.2) is 134 Å². The van der Waals surface area contributed by atoms with Crippen LogP contribution >= 0.6 is 0 Å². The highest BCUT2D eigenvalue weighted by Gasteiger charge is 2.59. The molecule has 72 heavy (non-hydrogen) atoms. The molecule has 6 aliphatic heterocycles. The largest absolute Gasteiger partial charge is 0.366 e. The Balaban J connectivity index is 0.645. The maximum Gasteiger partial charge on any atom is 0.238 e. The number of imidazole rings is 1. The summed E-state index contributed by atoms with van der Waals surface area (Å²) in [6.45, 7) is 10.7. The van der Waals surface area contributed by atoms with Gasteiger partial charge in [-0.1, -0.05) is 24.6 Å². The van der Waals surface area contributed by atoms with Crippen molar-refractivity contribution < 1.29 is 24.0 Å². The number of nitrogens with one attached hydrogen (secondary N) is 2. The summed E-state index contributed by atoms with van der Waals surface area (Å²) in [5.41, 5.74) is 6.15. The Labute approximate surface area is 421 Å². The van der Waals surface area contributed by atoms with Gasteiger partial charge in [0.2, 0.25) is 29.5 Å². The third kappa shape index (κ3) is 7.87. The van der Waals surface area contributed by atoms with Crippen LogP contribution in [0.15, 0.2) is 48.9 Å². The first-order chi connectivity index (χ1) is 34.9. The maximum atomic E-state index is 15.2. The highest BCUT2D eigenvalue weighted by atomic mass is 16.2. The predicted molar refractivity (Wildman–Crippen MR) is 273 cm³/mol. The van der Waals surface area contributed by atoms with E-state index in [1.165, 1.54) is 19.3 Å². The third-order valence-electron chi connectivity index (χ3n) is 18.7. The number of hydrogen-bond donors (Lipinski definition) is 2. The Morgan fingerprint density at radius 1 is 0.792 bits per heavy atom. The van der Waals surface area contributed by atoms with Crippen LogP contribution in [0.4, 0.5) is 17.3 Å². The van der Waals surface area contributed by atoms with Crippen LogP contribution < -0.4 is 20.4 Å². The Kier molecular flexibility index (Phi) is 11.3. The molecular weight excluding hydrogens is 907 g/mol. The van der Waals surface area contributed by atoms with E-state index in [2.05, 4.69) is 73.0 Å². The summed E-state index contributed by atoms with van der Waals surface area (Å²) in [5, 5.41) is 6.14. The number of pyridine rings is 2. The van der Waals surface area contributed by atoms with Crippen molar-refractivity contribution in [3.05, 3.63) is 60.0 Å². The smallest absolute Gasteiger partial charge is 0.238 e. The predicted octanol–water partition coefficient (Wildman–Crippen LogP) is 6.55. The second-order valence-corrected chi connectivity index (χ2v) is 23.6. The van der Waals surface area contributed by atoms with Gasteiger partial charge in [-0.2, -0.15) is 0 Å². The number of benzene rings is 1. The molecule has 1 aromatic carbocycles. The standard InChI is InChI=1S/C56H69N11O5/c1-34(2)66-33-58-45-27-44(60-50(49(45)66)59-39-8-9-39)36-6-11-43-46(24-36)67(41-25-40(26-41)62-18-4-3-5-19-62)54(72)56(43)16-22-64(23-17-56)53(71)38-28-55(29-38)31-65(32-55)52(70)35-14-20-63(21-15-35)47-12-7-37(30-57-47)42-10-13-48(68)61-51(42)69/h6-7,11-12,24,27,30,33-35,38-42H,3-5,8-10,13-23,25-26,28-29,31-32H2,1-2H3,(H,59,60)(H,61,68,69). The molecule has 8 fully saturated rings. The molecule has 3 aliphatic carbocycles. The number of imide groups is 1. The molecule has 2 N–H and O–H groups in total. The first kappa shape index (κ1) is 45.9. The first-order valence-corrected chi connectivity index (χ1v) is 27.4. The van der Waals surface area contributed by atoms with Crippen molar-refractivity contribution in [2.75, 3.05) is 67.5 Å². The van der Waals surface area contributed by atoms with Crippen molar-refractivity contribution in [1.82, 2.24) is 39.5 Å². The zero-order chi connectivity index (χ0) is 49.0. The summed E-state index contributed by atoms with van der Waals surface area (Å²) >= 11 is 0. The zero-order valence-electron chi connectivity index (χ0n) is 42.0. The summed E-state index contributed by atoms with van der Waals surface area (Å²) in [4.78, 5) is 93.0. The molecule has 2 spiro atoms. The lowest BCUT2D eigenvalue weighted by Gasteiger charge is -2.59. The van der Waals surface area contributed by atoms with Gasteiger partial charge in [-0.15, -0.1) is 0 Å². The minimum atomic E-state index is -0.655. The topological polar surface area (TPSA) is 169 Å². The highest BCUT2D eigenvalue weighted by Crippen LogP contribution is 2.55. The van der Waals surface area contributed by atoms with E-state index >= 15 is 4.79 Å². The first-order valence-electron chi connectivity index (χ1n) is 27.4. The van der Waals surface area contributed by atoms with Crippen LogP contribution in [-0.2, 0) is 29.4 Å². The average molecular weight is 976 g/mol. The van der Waals surface area contributed by atoms with E-state index in [1.54, 1.807) is 6.20 Å². The molecule has 4 aromatic rings. The molecule has 1 unspecified atom stereocenters. The summed E-state index contributed by atoms with van der Waals surface area (Å²) < 4.78 is 2.20. The van der Waals surface area contributed by atoms with E-state index in [9.17, 15) is 19.2 Å². The quantitative estimate of drug-likeness (QED) is 0.166. The highest BCUT2D eigenvalue weighted by molar-refractivity contribution is 6.09. The molecule has 5 saturated heterocycles. The van der Waals surface area contributed by atoms with Gasteiger partial charge in [0.25, 0.3) is 0 Å². The second-order valence-electron chi connectivity index (χ2n) is 23.6. The average Bonchev–Trinajstić information content (AvgIpc) is 4.02. The van der Waals surface area contributed by atoms with Gasteiger partial charge in [-0.3, -0.25) is 29.3 Å². The van der Waals surface area contributed by atoms with Crippen molar-refractivity contribution >= 4 is 57.9 Å². The van der Waals surface area contributed by atoms with Crippen LogP contribution in [0.3, 0.4) is 0 Å². The lowest BCUT2D eigenvalue weighted by atomic mass is 9.57. The van der Waals surface area contributed by atoms with Crippen LogP contribution in [0.1, 0.15) is 133 Å². The molecule has 13 rings (SSSR count). The second kappa shape index (κ2) is 17.7. The van der Waals surface area contributed by atoms with E-state index < -0.39 is 5.41 Å². The zero-order valence-corrected chi connectivity index (χ0v) is 42.0. The van der Waals surface area contributed by atoms with Gasteiger partial charge in [-0.25, -0.2) is 15.0 Å². The van der Waals surface area contributed by atoms with Gasteiger partial charge >= 0.3 is 0 Å². The van der Waals surface area contributed by atoms with Gasteiger partial charge in [0.1, 0.15) is 11.3 Å². The van der Waals surface area contributed by atoms with Gasteiger partial charge < -0.3 is 34.4 Å². The number of fused-ring (bicyclic) bond motifs is 3. The normalized spacial score (nSPS) is 26.5. The number of carbonyl (C=O) groups excluding carboxylic acids is 5. The SMILES string of the molecule is CC(C)n1cnc2cc(-c3ccc4c(c3)N(C3CC(N5CCCCC5)C3)C(=O)C43CCN(C(=O)C4CC5(C4)CN(C(=O)C4CCN(c6ccc(C7CCC(=O)NC7=O)cn6)CC4)C5)CC3)nc(NC3CC3)c21. The van der Waals surface area contributed by atoms with E-state index in [1.807, 2.05) is 28.3 Å². The Morgan fingerprint density at radius 2 is 1.54 bits per heavy atom. The number of likely N-dealkylation sites (tertiary alicyclic amines) is 3. The summed E-state index contributed by atoms with van der Waals surface area (Å²) in [6, 6.07) is 14.0. The number of rotatable bonds is 10. The maximum absolute atomic E-state index is 15.2. The minimum Gasteiger partial charge on any atom is -0.366 e. The molecule has 1 atom stereocenters. The minimum absolute atomic E-state index is 0.0191. The van der Waals surface area contributed by atoms with E-state index in [0.717, 1.165) is 141 Å². The van der Waals surface area contributed by atoms with Crippen molar-refractivity contribution in [3.63, 3.8) is 0 Å². The van der Waals surface area contributed by atoms with Crippen LogP contribution in [0.25, 0.3) is 22.3 Å². The molecule has 16 nitrogen and oxygen atoms in total. The molecule has 5 amide bonds. The van der Waals surface area contributed by atoms with Crippen molar-refractivity contribution in [3.8, 4) is 11.3 Å². The number of carbonyl (C=O) groups is 5. The van der Waals surface area contributed by atoms with Crippen molar-refractivity contribution in [1.29, 1.82) is 0 Å². The van der Waals surface area contributed by atoms with Gasteiger partial charge in [0.05, 0.1) is 28.9 Å². The molecule has 0 bridgehead atoms. The Bertz CT molecular complexity index is 2820. The van der Waals surface area contributed by atoms with Crippen LogP contribution in [0.5, 0.6) is 0 Å². The Hall–Kier alpha value is -5.90. The molecule has 9 heterocycles. The van der Waals surface area contributed by atoms with Gasteiger partial charge in [-0.05, 0) is 140 Å². The number of anilines is 3. The van der Waals surface area contributed by atoms with Crippen molar-refractivity contribution in [2.24, 2.45) is 17.3 Å². The fourth-order valence-electron chi connectivity index (χ4n) is 14.2. The summed E-state index contributed by atoms with van der Waals surface area (Å²) in [7, 11) is 0. The lowest BCUT2D eigenvalue weighted by molar-refractivity contribution is -0.168. The monoisotopic (exact) mass is 976 g/mol. The molecule has 3 saturated carbocycles. The molecule has 0 radical (unpaired) electrons. The molecule has 3 aromatic heterocycles. The van der Waals surface area contributed by atoms with Crippen molar-refractivity contribution in [2.45, 2.75) is 146 Å². The number of aromatic nitrogens is 4. The fourth-order valence-corrected chi connectivity index (χ4v) is 14.2. The van der Waals surface area contributed by atoms with E-state index in [0.29, 0.717) is 50.9 Å².